The summed E-state index contributed by atoms with van der Waals surface area (Å²) in [5.74, 6) is 0.215. The van der Waals surface area contributed by atoms with Crippen molar-refractivity contribution in [2.24, 2.45) is 18.9 Å². The first-order valence-electron chi connectivity index (χ1n) is 25.9. The maximum atomic E-state index is 14.1. The van der Waals surface area contributed by atoms with Gasteiger partial charge in [-0.25, -0.2) is 14.8 Å². The SMILES string of the molecule is Cc1c(OC[C@H](C)CC2CCN(CC(=O)Nc3ccc4c(C5CCC(=O)NC5=O)nn(C)c4c3)CC2)cccc1-c1ccc(N2CCc3cccc(C(=O)Nc4nc5ccccc5s4)c3C2)nc1C(=O)OC(C)(C)C. The number of anilines is 3. The number of aryl methyl sites for hydroxylation is 1. The van der Waals surface area contributed by atoms with Gasteiger partial charge >= 0.3 is 5.97 Å². The highest BCUT2D eigenvalue weighted by atomic mass is 32.1. The number of aromatic nitrogens is 4. The van der Waals surface area contributed by atoms with Gasteiger partial charge in [-0.05, 0) is 162 Å². The zero-order valence-electron chi connectivity index (χ0n) is 43.3. The highest BCUT2D eigenvalue weighted by Gasteiger charge is 2.33. The standard InChI is InChI=1S/C58H63N9O7S/c1-34(29-36-23-26-66(27-24-36)32-51(69)59-38-17-18-42-46(30-38)65(6)64-52(42)43-20-22-50(68)62-55(43)71)33-73-47-15-10-12-39(35(47)2)40-19-21-49(61-53(40)56(72)74-58(3,4)5)67-28-25-37-11-9-13-41(44(37)31-67)54(70)63-57-60-45-14-7-8-16-48(45)75-57/h7-19,21,30,34,36,43H,20,22-29,31-33H2,1-6H3,(H,59,69)(H,60,63,70)(H,62,68,71)/t34-,43?/m1/s1. The molecule has 2 fully saturated rings. The Morgan fingerprint density at radius 2 is 1.68 bits per heavy atom. The number of imide groups is 1. The number of rotatable bonds is 14. The molecule has 6 heterocycles. The number of nitrogens with one attached hydrogen (secondary N) is 3. The third-order valence-electron chi connectivity index (χ3n) is 14.5. The van der Waals surface area contributed by atoms with Crippen molar-refractivity contribution in [1.29, 1.82) is 0 Å². The Kier molecular flexibility index (Phi) is 14.5. The number of hydrogen-bond donors (Lipinski definition) is 3. The molecule has 7 aromatic rings. The van der Waals surface area contributed by atoms with Crippen LogP contribution in [0.4, 0.5) is 16.6 Å². The Morgan fingerprint density at radius 3 is 2.47 bits per heavy atom. The largest absolute Gasteiger partial charge is 0.493 e. The molecule has 4 amide bonds. The second kappa shape index (κ2) is 21.4. The lowest BCUT2D eigenvalue weighted by Gasteiger charge is -2.32. The first kappa shape index (κ1) is 51.0. The van der Waals surface area contributed by atoms with Gasteiger partial charge in [-0.15, -0.1) is 0 Å². The van der Waals surface area contributed by atoms with Crippen molar-refractivity contribution >= 4 is 78.7 Å². The zero-order valence-corrected chi connectivity index (χ0v) is 44.1. The fraction of sp³-hybridized carbons (Fsp3) is 0.379. The van der Waals surface area contributed by atoms with E-state index in [2.05, 4.69) is 48.8 Å². The van der Waals surface area contributed by atoms with E-state index in [4.69, 9.17) is 14.5 Å². The molecule has 10 rings (SSSR count). The molecule has 17 heteroatoms. The summed E-state index contributed by atoms with van der Waals surface area (Å²) in [6, 6.07) is 29.0. The molecule has 2 atom stereocenters. The van der Waals surface area contributed by atoms with E-state index in [1.165, 1.54) is 11.3 Å². The van der Waals surface area contributed by atoms with E-state index in [1.807, 2.05) is 120 Å². The van der Waals surface area contributed by atoms with E-state index in [0.717, 1.165) is 81.5 Å². The van der Waals surface area contributed by atoms with Crippen LogP contribution >= 0.6 is 11.3 Å². The third-order valence-corrected chi connectivity index (χ3v) is 15.4. The maximum Gasteiger partial charge on any atom is 0.358 e. The molecule has 3 aliphatic heterocycles. The monoisotopic (exact) mass is 1030 g/mol. The number of thiazole rings is 1. The van der Waals surface area contributed by atoms with E-state index >= 15 is 0 Å². The quantitative estimate of drug-likeness (QED) is 0.0692. The Hall–Kier alpha value is -7.50. The molecule has 3 aliphatic rings. The number of esters is 1. The number of nitrogens with zero attached hydrogens (tertiary/aromatic N) is 6. The minimum absolute atomic E-state index is 0.0865. The number of para-hydroxylation sites is 1. The lowest BCUT2D eigenvalue weighted by molar-refractivity contribution is -0.134. The molecule has 3 N–H and O–H groups in total. The first-order chi connectivity index (χ1) is 36.0. The Balaban J connectivity index is 0.752. The predicted octanol–water partition coefficient (Wildman–Crippen LogP) is 9.60. The number of piperidine rings is 2. The van der Waals surface area contributed by atoms with Gasteiger partial charge in [-0.3, -0.25) is 39.4 Å². The Labute approximate surface area is 440 Å². The summed E-state index contributed by atoms with van der Waals surface area (Å²) >= 11 is 1.44. The second-order valence-electron chi connectivity index (χ2n) is 21.2. The van der Waals surface area contributed by atoms with Gasteiger partial charge < -0.3 is 19.7 Å². The number of carbonyl (C=O) groups excluding carboxylic acids is 5. The van der Waals surface area contributed by atoms with Gasteiger partial charge in [0.15, 0.2) is 10.8 Å². The third kappa shape index (κ3) is 11.4. The molecule has 75 heavy (non-hydrogen) atoms. The normalized spacial score (nSPS) is 16.9. The molecule has 16 nitrogen and oxygen atoms in total. The van der Waals surface area contributed by atoms with Crippen LogP contribution in [0.3, 0.4) is 0 Å². The number of amides is 4. The van der Waals surface area contributed by atoms with Crippen LogP contribution in [0.1, 0.15) is 109 Å². The summed E-state index contributed by atoms with van der Waals surface area (Å²) in [7, 11) is 1.81. The second-order valence-corrected chi connectivity index (χ2v) is 22.2. The molecular weight excluding hydrogens is 967 g/mol. The number of carbonyl (C=O) groups is 5. The van der Waals surface area contributed by atoms with E-state index in [1.54, 1.807) is 4.68 Å². The summed E-state index contributed by atoms with van der Waals surface area (Å²) in [5.41, 5.74) is 7.34. The predicted molar refractivity (Wildman–Crippen MR) is 291 cm³/mol. The molecule has 0 aliphatic carbocycles. The van der Waals surface area contributed by atoms with Gasteiger partial charge in [0.1, 0.15) is 17.2 Å². The van der Waals surface area contributed by atoms with Crippen LogP contribution in [-0.2, 0) is 39.1 Å². The van der Waals surface area contributed by atoms with E-state index in [0.29, 0.717) is 78.5 Å². The lowest BCUT2D eigenvalue weighted by Crippen LogP contribution is -2.39. The van der Waals surface area contributed by atoms with Gasteiger partial charge in [-0.1, -0.05) is 54.7 Å². The number of likely N-dealkylation sites (tertiary alicyclic amines) is 1. The van der Waals surface area contributed by atoms with Crippen LogP contribution in [0, 0.1) is 18.8 Å². The highest BCUT2D eigenvalue weighted by Crippen LogP contribution is 2.37. The summed E-state index contributed by atoms with van der Waals surface area (Å²) < 4.78 is 15.2. The molecule has 0 saturated carbocycles. The van der Waals surface area contributed by atoms with Crippen LogP contribution in [-0.4, -0.2) is 92.6 Å². The van der Waals surface area contributed by atoms with Crippen molar-refractivity contribution in [3.63, 3.8) is 0 Å². The van der Waals surface area contributed by atoms with Crippen molar-refractivity contribution in [2.45, 2.75) is 91.2 Å². The van der Waals surface area contributed by atoms with Crippen molar-refractivity contribution in [3.8, 4) is 16.9 Å². The van der Waals surface area contributed by atoms with Gasteiger partial charge in [0.25, 0.3) is 5.91 Å². The molecule has 4 aromatic carbocycles. The van der Waals surface area contributed by atoms with E-state index < -0.39 is 17.5 Å². The first-order valence-corrected chi connectivity index (χ1v) is 26.7. The smallest absolute Gasteiger partial charge is 0.358 e. The van der Waals surface area contributed by atoms with E-state index in [-0.39, 0.29) is 41.7 Å². The maximum absolute atomic E-state index is 14.1. The fourth-order valence-electron chi connectivity index (χ4n) is 10.7. The Morgan fingerprint density at radius 1 is 0.880 bits per heavy atom. The van der Waals surface area contributed by atoms with Crippen LogP contribution < -0.4 is 25.6 Å². The molecule has 388 valence electrons. The van der Waals surface area contributed by atoms with Crippen LogP contribution in [0.2, 0.25) is 0 Å². The number of hydrogen-bond acceptors (Lipinski definition) is 13. The molecule has 0 radical (unpaired) electrons. The van der Waals surface area contributed by atoms with Crippen LogP contribution in [0.15, 0.2) is 91.0 Å². The summed E-state index contributed by atoms with van der Waals surface area (Å²) in [6.45, 7) is 13.3. The minimum atomic E-state index is -0.754. The topological polar surface area (TPSA) is 190 Å². The van der Waals surface area contributed by atoms with Gasteiger partial charge in [-0.2, -0.15) is 5.10 Å². The number of ether oxygens (including phenoxy) is 2. The van der Waals surface area contributed by atoms with E-state index in [9.17, 15) is 24.0 Å². The summed E-state index contributed by atoms with van der Waals surface area (Å²) in [5, 5.41) is 14.5. The van der Waals surface area contributed by atoms with Crippen LogP contribution in [0.25, 0.3) is 32.2 Å². The average Bonchev–Trinajstić information content (AvgIpc) is 3.96. The van der Waals surface area contributed by atoms with Gasteiger partial charge in [0, 0.05) is 48.8 Å². The van der Waals surface area contributed by atoms with Crippen molar-refractivity contribution in [3.05, 3.63) is 125 Å². The molecule has 0 spiro atoms. The lowest BCUT2D eigenvalue weighted by atomic mass is 9.88. The van der Waals surface area contributed by atoms with Gasteiger partial charge in [0.2, 0.25) is 17.7 Å². The van der Waals surface area contributed by atoms with Crippen molar-refractivity contribution < 1.29 is 33.4 Å². The molecule has 0 bridgehead atoms. The summed E-state index contributed by atoms with van der Waals surface area (Å²) in [6.07, 6.45) is 4.36. The molecule has 2 saturated heterocycles. The van der Waals surface area contributed by atoms with Crippen molar-refractivity contribution in [2.75, 3.05) is 48.3 Å². The van der Waals surface area contributed by atoms with Crippen molar-refractivity contribution in [1.82, 2.24) is 30.0 Å². The fourth-order valence-corrected chi connectivity index (χ4v) is 11.6. The number of pyridine rings is 1. The molecule has 3 aromatic heterocycles. The molecular formula is C58H63N9O7S. The average molecular weight is 1030 g/mol. The Bertz CT molecular complexity index is 3320. The van der Waals surface area contributed by atoms with Gasteiger partial charge in [0.05, 0.1) is 40.5 Å². The number of fused-ring (bicyclic) bond motifs is 3. The number of benzene rings is 4. The minimum Gasteiger partial charge on any atom is -0.493 e. The zero-order chi connectivity index (χ0) is 52.5. The summed E-state index contributed by atoms with van der Waals surface area (Å²) in [4.78, 5) is 79.4. The molecule has 1 unspecified atom stereocenters. The van der Waals surface area contributed by atoms with Crippen LogP contribution in [0.5, 0.6) is 5.75 Å². The highest BCUT2D eigenvalue weighted by molar-refractivity contribution is 7.22.